The molecule has 1 aliphatic carbocycles. The monoisotopic (exact) mass is 475 g/mol. The van der Waals surface area contributed by atoms with Gasteiger partial charge in [-0.15, -0.1) is 0 Å². The smallest absolute Gasteiger partial charge is 0.224 e. The van der Waals surface area contributed by atoms with E-state index >= 15 is 0 Å². The maximum atomic E-state index is 13.5. The van der Waals surface area contributed by atoms with Crippen LogP contribution in [-0.4, -0.2) is 42.5 Å². The Labute approximate surface area is 206 Å². The van der Waals surface area contributed by atoms with Gasteiger partial charge in [0.15, 0.2) is 0 Å². The van der Waals surface area contributed by atoms with Crippen molar-refractivity contribution in [1.82, 2.24) is 5.32 Å². The first-order valence-corrected chi connectivity index (χ1v) is 12.0. The number of hydrogen-bond acceptors (Lipinski definition) is 5. The molecule has 0 bridgehead atoms. The molecule has 35 heavy (non-hydrogen) atoms. The van der Waals surface area contributed by atoms with Gasteiger partial charge in [0.2, 0.25) is 5.91 Å². The molecule has 0 heterocycles. The number of aliphatic hydroxyl groups excluding tert-OH is 2. The van der Waals surface area contributed by atoms with Crippen molar-refractivity contribution in [1.29, 1.82) is 0 Å². The Morgan fingerprint density at radius 1 is 1.00 bits per heavy atom. The van der Waals surface area contributed by atoms with Crippen LogP contribution < -0.4 is 14.8 Å². The van der Waals surface area contributed by atoms with Gasteiger partial charge in [0, 0.05) is 24.8 Å². The summed E-state index contributed by atoms with van der Waals surface area (Å²) in [6, 6.07) is 22.6. The number of aliphatic hydroxyl groups is 2. The van der Waals surface area contributed by atoms with Gasteiger partial charge in [-0.2, -0.15) is 0 Å². The van der Waals surface area contributed by atoms with Crippen LogP contribution in [0.2, 0.25) is 0 Å². The summed E-state index contributed by atoms with van der Waals surface area (Å²) in [6.07, 6.45) is 0.221. The lowest BCUT2D eigenvalue weighted by molar-refractivity contribution is -0.127. The molecule has 1 aliphatic rings. The summed E-state index contributed by atoms with van der Waals surface area (Å²) in [5.74, 6) is 0.682. The maximum absolute atomic E-state index is 13.5. The van der Waals surface area contributed by atoms with E-state index in [0.29, 0.717) is 30.8 Å². The molecule has 3 aromatic rings. The molecule has 3 N–H and O–H groups in total. The highest BCUT2D eigenvalue weighted by Crippen LogP contribution is 2.32. The number of hydrogen-bond donors (Lipinski definition) is 3. The fourth-order valence-corrected chi connectivity index (χ4v) is 4.89. The number of carbonyl (C=O) groups excluding carboxylic acids is 1. The third-order valence-corrected chi connectivity index (χ3v) is 6.70. The molecule has 6 heteroatoms. The third kappa shape index (κ3) is 6.02. The third-order valence-electron chi connectivity index (χ3n) is 6.70. The van der Waals surface area contributed by atoms with Crippen LogP contribution >= 0.6 is 0 Å². The molecule has 3 aromatic carbocycles. The first-order chi connectivity index (χ1) is 17.0. The van der Waals surface area contributed by atoms with Gasteiger partial charge in [0.1, 0.15) is 11.5 Å². The second-order valence-electron chi connectivity index (χ2n) is 9.11. The van der Waals surface area contributed by atoms with Gasteiger partial charge < -0.3 is 25.0 Å². The minimum absolute atomic E-state index is 0.171. The van der Waals surface area contributed by atoms with E-state index in [-0.39, 0.29) is 12.3 Å². The van der Waals surface area contributed by atoms with E-state index < -0.39 is 24.2 Å². The fourth-order valence-electron chi connectivity index (χ4n) is 4.89. The molecule has 0 aromatic heterocycles. The average molecular weight is 476 g/mol. The minimum Gasteiger partial charge on any atom is -0.497 e. The van der Waals surface area contributed by atoms with E-state index in [4.69, 9.17) is 9.47 Å². The number of fused-ring (bicyclic) bond motifs is 1. The van der Waals surface area contributed by atoms with Crippen LogP contribution in [0.4, 0.5) is 0 Å². The van der Waals surface area contributed by atoms with Crippen molar-refractivity contribution in [2.45, 2.75) is 43.9 Å². The van der Waals surface area contributed by atoms with Crippen molar-refractivity contribution in [2.75, 3.05) is 14.2 Å². The fraction of sp³-hybridized carbons (Fsp3) is 0.345. The van der Waals surface area contributed by atoms with E-state index in [1.165, 1.54) is 0 Å². The molecule has 4 rings (SSSR count). The topological polar surface area (TPSA) is 88.0 Å². The summed E-state index contributed by atoms with van der Waals surface area (Å²) in [4.78, 5) is 13.5. The van der Waals surface area contributed by atoms with Gasteiger partial charge in [-0.3, -0.25) is 4.79 Å². The Morgan fingerprint density at radius 2 is 1.74 bits per heavy atom. The van der Waals surface area contributed by atoms with Gasteiger partial charge in [-0.1, -0.05) is 60.7 Å². The van der Waals surface area contributed by atoms with Crippen LogP contribution in [0, 0.1) is 5.92 Å². The van der Waals surface area contributed by atoms with E-state index in [2.05, 4.69) is 5.32 Å². The summed E-state index contributed by atoms with van der Waals surface area (Å²) in [5.41, 5.74) is 3.88. The van der Waals surface area contributed by atoms with Crippen LogP contribution in [0.25, 0.3) is 0 Å². The Hall–Kier alpha value is -3.35. The van der Waals surface area contributed by atoms with Crippen molar-refractivity contribution in [2.24, 2.45) is 5.92 Å². The first kappa shape index (κ1) is 24.8. The lowest BCUT2D eigenvalue weighted by Crippen LogP contribution is -2.39. The molecule has 184 valence electrons. The minimum atomic E-state index is -0.752. The van der Waals surface area contributed by atoms with Crippen molar-refractivity contribution in [3.05, 3.63) is 95.1 Å². The maximum Gasteiger partial charge on any atom is 0.224 e. The second kappa shape index (κ2) is 11.4. The predicted octanol–water partition coefficient (Wildman–Crippen LogP) is 3.63. The number of nitrogens with one attached hydrogen (secondary N) is 1. The summed E-state index contributed by atoms with van der Waals surface area (Å²) in [7, 11) is 3.18. The average Bonchev–Trinajstić information content (AvgIpc) is 3.19. The second-order valence-corrected chi connectivity index (χ2v) is 9.11. The van der Waals surface area contributed by atoms with Gasteiger partial charge in [-0.05, 0) is 41.2 Å². The van der Waals surface area contributed by atoms with Crippen LogP contribution in [-0.2, 0) is 24.1 Å². The summed E-state index contributed by atoms with van der Waals surface area (Å²) in [5, 5.41) is 24.7. The number of amides is 1. The Kier molecular flexibility index (Phi) is 8.06. The van der Waals surface area contributed by atoms with Crippen molar-refractivity contribution in [3.63, 3.8) is 0 Å². The summed E-state index contributed by atoms with van der Waals surface area (Å²) >= 11 is 0. The zero-order valence-corrected chi connectivity index (χ0v) is 20.2. The standard InChI is InChI=1S/C29H33NO5/c1-34-24-13-12-21(27(18-24)35-2)15-23(31)16-22(14-19-8-4-3-5-9-19)29(33)30-28-25-11-7-6-10-20(25)17-26(28)32/h3-13,18,22-23,26,28,31-32H,14-17H2,1-2H3,(H,30,33)/t22-,23+,26+,28-/m0/s1. The highest BCUT2D eigenvalue weighted by molar-refractivity contribution is 5.80. The molecule has 0 fully saturated rings. The molecule has 4 atom stereocenters. The highest BCUT2D eigenvalue weighted by atomic mass is 16.5. The lowest BCUT2D eigenvalue weighted by atomic mass is 9.90. The predicted molar refractivity (Wildman–Crippen MR) is 135 cm³/mol. The number of carbonyl (C=O) groups is 1. The van der Waals surface area contributed by atoms with Crippen molar-refractivity contribution in [3.8, 4) is 11.5 Å². The zero-order valence-electron chi connectivity index (χ0n) is 20.2. The quantitative estimate of drug-likeness (QED) is 0.417. The molecule has 0 radical (unpaired) electrons. The lowest BCUT2D eigenvalue weighted by Gasteiger charge is -2.25. The van der Waals surface area contributed by atoms with Crippen LogP contribution in [0.5, 0.6) is 11.5 Å². The Morgan fingerprint density at radius 3 is 2.49 bits per heavy atom. The normalized spacial score (nSPS) is 18.4. The van der Waals surface area contributed by atoms with Gasteiger partial charge in [0.25, 0.3) is 0 Å². The summed E-state index contributed by atoms with van der Waals surface area (Å²) in [6.45, 7) is 0. The van der Waals surface area contributed by atoms with Gasteiger partial charge in [-0.25, -0.2) is 0 Å². The van der Waals surface area contributed by atoms with E-state index in [1.54, 1.807) is 20.3 Å². The van der Waals surface area contributed by atoms with E-state index in [9.17, 15) is 15.0 Å². The van der Waals surface area contributed by atoms with Crippen LogP contribution in [0.1, 0.15) is 34.7 Å². The number of ether oxygens (including phenoxy) is 2. The largest absolute Gasteiger partial charge is 0.497 e. The molecular formula is C29H33NO5. The zero-order chi connectivity index (χ0) is 24.8. The number of methoxy groups -OCH3 is 2. The molecular weight excluding hydrogens is 442 g/mol. The Bertz CT molecular complexity index is 1130. The molecule has 0 unspecified atom stereocenters. The molecule has 0 spiro atoms. The van der Waals surface area contributed by atoms with Gasteiger partial charge >= 0.3 is 0 Å². The van der Waals surface area contributed by atoms with E-state index in [0.717, 1.165) is 22.3 Å². The molecule has 0 saturated heterocycles. The Balaban J connectivity index is 1.50. The van der Waals surface area contributed by atoms with Gasteiger partial charge in [0.05, 0.1) is 32.5 Å². The number of rotatable bonds is 10. The number of benzene rings is 3. The SMILES string of the molecule is COc1ccc(C[C@@H](O)C[C@H](Cc2ccccc2)C(=O)N[C@H]2c3ccccc3C[C@H]2O)c(OC)c1. The van der Waals surface area contributed by atoms with Crippen molar-refractivity contribution >= 4 is 5.91 Å². The van der Waals surface area contributed by atoms with E-state index in [1.807, 2.05) is 66.7 Å². The molecule has 0 saturated carbocycles. The highest BCUT2D eigenvalue weighted by Gasteiger charge is 2.34. The van der Waals surface area contributed by atoms with Crippen LogP contribution in [0.15, 0.2) is 72.8 Å². The summed E-state index contributed by atoms with van der Waals surface area (Å²) < 4.78 is 10.7. The van der Waals surface area contributed by atoms with Crippen LogP contribution in [0.3, 0.4) is 0 Å². The van der Waals surface area contributed by atoms with Crippen molar-refractivity contribution < 1.29 is 24.5 Å². The first-order valence-electron chi connectivity index (χ1n) is 12.0. The molecule has 1 amide bonds. The molecule has 6 nitrogen and oxygen atoms in total. The molecule has 0 aliphatic heterocycles.